The molecule has 0 saturated carbocycles. The molecule has 0 fully saturated rings. The Labute approximate surface area is 117 Å². The number of para-hydroxylation sites is 1. The summed E-state index contributed by atoms with van der Waals surface area (Å²) in [6.07, 6.45) is 0. The number of hydrogen-bond acceptors (Lipinski definition) is 0. The normalized spacial score (nSPS) is 10.0. The molecular formula is C14H11NNa. The van der Waals surface area contributed by atoms with Crippen molar-refractivity contribution in [3.63, 3.8) is 0 Å². The number of benzene rings is 2. The van der Waals surface area contributed by atoms with Crippen molar-refractivity contribution < 1.29 is 0 Å². The molecule has 3 aromatic rings. The van der Waals surface area contributed by atoms with Gasteiger partial charge in [-0.1, -0.05) is 48.5 Å². The minimum absolute atomic E-state index is 0. The second-order valence-electron chi connectivity index (χ2n) is 3.64. The minimum Gasteiger partial charge on any atom is -0.355 e. The van der Waals surface area contributed by atoms with Crippen LogP contribution in [0.25, 0.3) is 22.2 Å². The van der Waals surface area contributed by atoms with Crippen LogP contribution in [0.2, 0.25) is 0 Å². The van der Waals surface area contributed by atoms with Crippen molar-refractivity contribution in [2.24, 2.45) is 0 Å². The molecule has 1 aromatic heterocycles. The average Bonchev–Trinajstić information content (AvgIpc) is 2.74. The number of fused-ring (bicyclic) bond motifs is 1. The van der Waals surface area contributed by atoms with Gasteiger partial charge in [-0.2, -0.15) is 0 Å². The van der Waals surface area contributed by atoms with Crippen LogP contribution in [0.5, 0.6) is 0 Å². The molecule has 1 radical (unpaired) electrons. The van der Waals surface area contributed by atoms with E-state index in [2.05, 4.69) is 53.5 Å². The van der Waals surface area contributed by atoms with E-state index in [9.17, 15) is 0 Å². The Balaban J connectivity index is 0.000000963. The Morgan fingerprint density at radius 1 is 0.750 bits per heavy atom. The summed E-state index contributed by atoms with van der Waals surface area (Å²) >= 11 is 0. The van der Waals surface area contributed by atoms with E-state index in [1.165, 1.54) is 22.2 Å². The third kappa shape index (κ3) is 2.07. The van der Waals surface area contributed by atoms with E-state index in [4.69, 9.17) is 0 Å². The maximum atomic E-state index is 3.41. The molecule has 1 nitrogen and oxygen atoms in total. The number of hydrogen-bond donors (Lipinski definition) is 1. The molecular weight excluding hydrogens is 205 g/mol. The van der Waals surface area contributed by atoms with Gasteiger partial charge in [-0.25, -0.2) is 0 Å². The van der Waals surface area contributed by atoms with Gasteiger partial charge in [0.2, 0.25) is 0 Å². The van der Waals surface area contributed by atoms with Crippen molar-refractivity contribution >= 4 is 40.5 Å². The van der Waals surface area contributed by atoms with Crippen LogP contribution < -0.4 is 0 Å². The first-order chi connectivity index (χ1) is 7.43. The fourth-order valence-corrected chi connectivity index (χ4v) is 1.85. The summed E-state index contributed by atoms with van der Waals surface area (Å²) in [6, 6.07) is 20.9. The van der Waals surface area contributed by atoms with Crippen LogP contribution in [0, 0.1) is 0 Å². The number of nitrogens with one attached hydrogen (secondary N) is 1. The molecule has 0 aliphatic rings. The zero-order valence-electron chi connectivity index (χ0n) is 9.27. The van der Waals surface area contributed by atoms with Crippen LogP contribution in [0.3, 0.4) is 0 Å². The number of aromatic amines is 1. The largest absolute Gasteiger partial charge is 0.355 e. The van der Waals surface area contributed by atoms with Crippen molar-refractivity contribution in [3.8, 4) is 11.3 Å². The molecule has 16 heavy (non-hydrogen) atoms. The molecule has 0 atom stereocenters. The summed E-state index contributed by atoms with van der Waals surface area (Å²) in [5.41, 5.74) is 3.60. The summed E-state index contributed by atoms with van der Waals surface area (Å²) in [7, 11) is 0. The maximum absolute atomic E-state index is 3.41. The minimum atomic E-state index is 0. The molecule has 73 valence electrons. The van der Waals surface area contributed by atoms with Gasteiger partial charge >= 0.3 is 0 Å². The quantitative estimate of drug-likeness (QED) is 0.599. The third-order valence-corrected chi connectivity index (χ3v) is 2.61. The van der Waals surface area contributed by atoms with Gasteiger partial charge in [0.25, 0.3) is 0 Å². The third-order valence-electron chi connectivity index (χ3n) is 2.61. The van der Waals surface area contributed by atoms with Gasteiger partial charge in [0.05, 0.1) is 0 Å². The van der Waals surface area contributed by atoms with E-state index in [0.29, 0.717) is 0 Å². The Kier molecular flexibility index (Phi) is 3.49. The molecule has 0 spiro atoms. The molecule has 0 unspecified atom stereocenters. The smallest absolute Gasteiger partial charge is 0.0464 e. The first-order valence-corrected chi connectivity index (χ1v) is 5.07. The predicted molar refractivity (Wildman–Crippen MR) is 69.5 cm³/mol. The predicted octanol–water partition coefficient (Wildman–Crippen LogP) is 3.45. The monoisotopic (exact) mass is 216 g/mol. The van der Waals surface area contributed by atoms with Crippen molar-refractivity contribution in [1.29, 1.82) is 0 Å². The molecule has 1 heterocycles. The van der Waals surface area contributed by atoms with Crippen molar-refractivity contribution in [2.75, 3.05) is 0 Å². The van der Waals surface area contributed by atoms with Gasteiger partial charge in [0.1, 0.15) is 0 Å². The van der Waals surface area contributed by atoms with Gasteiger partial charge in [-0.05, 0) is 17.7 Å². The number of H-pyrrole nitrogens is 1. The van der Waals surface area contributed by atoms with Gasteiger partial charge in [-0.3, -0.25) is 0 Å². The Morgan fingerprint density at radius 2 is 1.44 bits per heavy atom. The first-order valence-electron chi connectivity index (χ1n) is 5.07. The SMILES string of the molecule is [Na].c1ccc(-c2cc3ccccc3[nH]2)cc1. The second-order valence-corrected chi connectivity index (χ2v) is 3.64. The van der Waals surface area contributed by atoms with Crippen LogP contribution in [-0.2, 0) is 0 Å². The summed E-state index contributed by atoms with van der Waals surface area (Å²) in [5.74, 6) is 0. The van der Waals surface area contributed by atoms with Crippen LogP contribution >= 0.6 is 0 Å². The molecule has 3 rings (SSSR count). The first kappa shape index (κ1) is 11.5. The summed E-state index contributed by atoms with van der Waals surface area (Å²) < 4.78 is 0. The van der Waals surface area contributed by atoms with Crippen LogP contribution in [0.1, 0.15) is 0 Å². The summed E-state index contributed by atoms with van der Waals surface area (Å²) in [6.45, 7) is 0. The van der Waals surface area contributed by atoms with Gasteiger partial charge in [0.15, 0.2) is 0 Å². The maximum Gasteiger partial charge on any atom is 0.0464 e. The van der Waals surface area contributed by atoms with Gasteiger partial charge in [-0.15, -0.1) is 0 Å². The Morgan fingerprint density at radius 3 is 2.19 bits per heavy atom. The standard InChI is InChI=1S/C14H11N.Na/c1-2-6-11(7-3-1)14-10-12-8-4-5-9-13(12)15-14;/h1-10,15H;. The molecule has 0 bridgehead atoms. The Hall–Kier alpha value is -1.02. The summed E-state index contributed by atoms with van der Waals surface area (Å²) in [5, 5.41) is 1.26. The van der Waals surface area contributed by atoms with Crippen molar-refractivity contribution in [3.05, 3.63) is 60.7 Å². The van der Waals surface area contributed by atoms with E-state index in [1.54, 1.807) is 0 Å². The van der Waals surface area contributed by atoms with E-state index in [-0.39, 0.29) is 29.6 Å². The topological polar surface area (TPSA) is 15.8 Å². The molecule has 1 N–H and O–H groups in total. The fraction of sp³-hybridized carbons (Fsp3) is 0. The summed E-state index contributed by atoms with van der Waals surface area (Å²) in [4.78, 5) is 3.41. The fourth-order valence-electron chi connectivity index (χ4n) is 1.85. The van der Waals surface area contributed by atoms with E-state index in [0.717, 1.165) is 0 Å². The van der Waals surface area contributed by atoms with Crippen molar-refractivity contribution in [1.82, 2.24) is 4.98 Å². The van der Waals surface area contributed by atoms with Gasteiger partial charge in [0, 0.05) is 46.2 Å². The molecule has 0 aliphatic heterocycles. The molecule has 2 heteroatoms. The van der Waals surface area contributed by atoms with E-state index >= 15 is 0 Å². The van der Waals surface area contributed by atoms with E-state index in [1.807, 2.05) is 12.1 Å². The Bertz CT molecular complexity index is 551. The number of rotatable bonds is 1. The molecule has 0 amide bonds. The van der Waals surface area contributed by atoms with Crippen LogP contribution in [0.4, 0.5) is 0 Å². The van der Waals surface area contributed by atoms with E-state index < -0.39 is 0 Å². The van der Waals surface area contributed by atoms with Gasteiger partial charge < -0.3 is 4.98 Å². The molecule has 0 saturated heterocycles. The number of aromatic nitrogens is 1. The van der Waals surface area contributed by atoms with Crippen LogP contribution in [0.15, 0.2) is 60.7 Å². The van der Waals surface area contributed by atoms with Crippen molar-refractivity contribution in [2.45, 2.75) is 0 Å². The second kappa shape index (κ2) is 4.88. The average molecular weight is 216 g/mol. The zero-order chi connectivity index (χ0) is 10.1. The van der Waals surface area contributed by atoms with Crippen LogP contribution in [-0.4, -0.2) is 34.5 Å². The molecule has 2 aromatic carbocycles. The molecule has 0 aliphatic carbocycles. The zero-order valence-corrected chi connectivity index (χ0v) is 11.3.